The maximum Gasteiger partial charge on any atom is 0.322 e. The molecular weight excluding hydrogens is 258 g/mol. The van der Waals surface area contributed by atoms with E-state index in [1.165, 1.54) is 0 Å². The lowest BCUT2D eigenvalue weighted by Crippen LogP contribution is -2.51. The molecule has 6 heteroatoms. The summed E-state index contributed by atoms with van der Waals surface area (Å²) in [6.45, 7) is 3.79. The molecule has 20 heavy (non-hydrogen) atoms. The standard InChI is InChI=1S/C14H19N3O3/c1-11(18)16-7-9-17(10-8-16)14(19)15-12-5-3-4-6-13(12)20-2/h3-6H,7-10H2,1-2H3,(H,15,19). The SMILES string of the molecule is COc1ccccc1NC(=O)N1CCN(C(C)=O)CC1. The van der Waals surface area contributed by atoms with Crippen LogP contribution in [0.2, 0.25) is 0 Å². The van der Waals surface area contributed by atoms with Crippen molar-refractivity contribution in [2.45, 2.75) is 6.92 Å². The normalized spacial score (nSPS) is 14.9. The van der Waals surface area contributed by atoms with Crippen LogP contribution in [-0.4, -0.2) is 55.0 Å². The predicted octanol–water partition coefficient (Wildman–Crippen LogP) is 1.39. The van der Waals surface area contributed by atoms with Crippen LogP contribution in [0, 0.1) is 0 Å². The smallest absolute Gasteiger partial charge is 0.322 e. The summed E-state index contributed by atoms with van der Waals surface area (Å²) in [6, 6.07) is 7.11. The number of urea groups is 1. The fourth-order valence-corrected chi connectivity index (χ4v) is 2.17. The Bertz CT molecular complexity index is 496. The van der Waals surface area contributed by atoms with E-state index in [0.29, 0.717) is 37.6 Å². The van der Waals surface area contributed by atoms with Crippen molar-refractivity contribution < 1.29 is 14.3 Å². The molecule has 1 aromatic rings. The molecule has 0 aromatic heterocycles. The number of hydrogen-bond acceptors (Lipinski definition) is 3. The predicted molar refractivity (Wildman–Crippen MR) is 75.8 cm³/mol. The minimum absolute atomic E-state index is 0.0507. The summed E-state index contributed by atoms with van der Waals surface area (Å²) in [7, 11) is 1.57. The first kappa shape index (κ1) is 14.2. The van der Waals surface area contributed by atoms with Gasteiger partial charge in [0.1, 0.15) is 5.75 Å². The van der Waals surface area contributed by atoms with Crippen LogP contribution in [0.15, 0.2) is 24.3 Å². The van der Waals surface area contributed by atoms with Gasteiger partial charge in [0.2, 0.25) is 5.91 Å². The van der Waals surface area contributed by atoms with Gasteiger partial charge in [0.05, 0.1) is 12.8 Å². The first-order valence-electron chi connectivity index (χ1n) is 6.56. The summed E-state index contributed by atoms with van der Waals surface area (Å²) in [4.78, 5) is 26.9. The summed E-state index contributed by atoms with van der Waals surface area (Å²) in [5, 5.41) is 2.83. The Morgan fingerprint density at radius 3 is 2.30 bits per heavy atom. The fraction of sp³-hybridized carbons (Fsp3) is 0.429. The monoisotopic (exact) mass is 277 g/mol. The van der Waals surface area contributed by atoms with Gasteiger partial charge in [-0.25, -0.2) is 4.79 Å². The van der Waals surface area contributed by atoms with Gasteiger partial charge < -0.3 is 19.9 Å². The minimum Gasteiger partial charge on any atom is -0.495 e. The van der Waals surface area contributed by atoms with Crippen LogP contribution < -0.4 is 10.1 Å². The van der Waals surface area contributed by atoms with Crippen molar-refractivity contribution in [3.8, 4) is 5.75 Å². The number of benzene rings is 1. The summed E-state index contributed by atoms with van der Waals surface area (Å²) < 4.78 is 5.20. The second kappa shape index (κ2) is 6.27. The van der Waals surface area contributed by atoms with Gasteiger partial charge in [-0.2, -0.15) is 0 Å². The highest BCUT2D eigenvalue weighted by Crippen LogP contribution is 2.23. The van der Waals surface area contributed by atoms with E-state index in [9.17, 15) is 9.59 Å². The number of carbonyl (C=O) groups excluding carboxylic acids is 2. The molecule has 1 saturated heterocycles. The maximum absolute atomic E-state index is 12.2. The van der Waals surface area contributed by atoms with Gasteiger partial charge in [0.25, 0.3) is 0 Å². The van der Waals surface area contributed by atoms with Crippen molar-refractivity contribution in [2.75, 3.05) is 38.6 Å². The third kappa shape index (κ3) is 3.20. The first-order chi connectivity index (χ1) is 9.61. The van der Waals surface area contributed by atoms with Crippen LogP contribution in [0.5, 0.6) is 5.75 Å². The van der Waals surface area contributed by atoms with Crippen LogP contribution in [0.3, 0.4) is 0 Å². The zero-order valence-electron chi connectivity index (χ0n) is 11.8. The highest BCUT2D eigenvalue weighted by molar-refractivity contribution is 5.91. The Morgan fingerprint density at radius 2 is 1.70 bits per heavy atom. The molecule has 1 N–H and O–H groups in total. The van der Waals surface area contributed by atoms with Gasteiger partial charge in [-0.05, 0) is 12.1 Å². The molecule has 1 aliphatic heterocycles. The molecule has 0 radical (unpaired) electrons. The number of nitrogens with one attached hydrogen (secondary N) is 1. The van der Waals surface area contributed by atoms with E-state index in [2.05, 4.69) is 5.32 Å². The molecule has 0 aliphatic carbocycles. The zero-order chi connectivity index (χ0) is 14.5. The van der Waals surface area contributed by atoms with Gasteiger partial charge in [0.15, 0.2) is 0 Å². The first-order valence-corrected chi connectivity index (χ1v) is 6.56. The van der Waals surface area contributed by atoms with E-state index in [-0.39, 0.29) is 11.9 Å². The largest absolute Gasteiger partial charge is 0.495 e. The number of anilines is 1. The molecule has 0 saturated carbocycles. The molecule has 0 atom stereocenters. The molecule has 0 unspecified atom stereocenters. The van der Waals surface area contributed by atoms with E-state index in [0.717, 1.165) is 0 Å². The highest BCUT2D eigenvalue weighted by Gasteiger charge is 2.22. The summed E-state index contributed by atoms with van der Waals surface area (Å²) >= 11 is 0. The minimum atomic E-state index is -0.169. The molecule has 0 spiro atoms. The fourth-order valence-electron chi connectivity index (χ4n) is 2.17. The van der Waals surface area contributed by atoms with Crippen LogP contribution in [0.25, 0.3) is 0 Å². The average Bonchev–Trinajstić information content (AvgIpc) is 2.48. The van der Waals surface area contributed by atoms with Crippen molar-refractivity contribution in [1.82, 2.24) is 9.80 Å². The molecule has 2 rings (SSSR count). The molecule has 0 bridgehead atoms. The van der Waals surface area contributed by atoms with Crippen molar-refractivity contribution in [2.24, 2.45) is 0 Å². The van der Waals surface area contributed by atoms with Gasteiger partial charge in [-0.3, -0.25) is 4.79 Å². The lowest BCUT2D eigenvalue weighted by Gasteiger charge is -2.34. The second-order valence-corrected chi connectivity index (χ2v) is 4.62. The Kier molecular flexibility index (Phi) is 4.45. The van der Waals surface area contributed by atoms with Crippen LogP contribution in [0.1, 0.15) is 6.92 Å². The van der Waals surface area contributed by atoms with Crippen LogP contribution in [-0.2, 0) is 4.79 Å². The van der Waals surface area contributed by atoms with Gasteiger partial charge in [0, 0.05) is 33.1 Å². The number of methoxy groups -OCH3 is 1. The van der Waals surface area contributed by atoms with E-state index in [1.54, 1.807) is 36.0 Å². The number of para-hydroxylation sites is 2. The van der Waals surface area contributed by atoms with Crippen LogP contribution in [0.4, 0.5) is 10.5 Å². The third-order valence-electron chi connectivity index (χ3n) is 3.36. The number of nitrogens with zero attached hydrogens (tertiary/aromatic N) is 2. The Balaban J connectivity index is 1.94. The highest BCUT2D eigenvalue weighted by atomic mass is 16.5. The number of rotatable bonds is 2. The third-order valence-corrected chi connectivity index (χ3v) is 3.36. The van der Waals surface area contributed by atoms with E-state index in [1.807, 2.05) is 12.1 Å². The molecule has 3 amide bonds. The van der Waals surface area contributed by atoms with Gasteiger partial charge in [-0.15, -0.1) is 0 Å². The van der Waals surface area contributed by atoms with E-state index < -0.39 is 0 Å². The van der Waals surface area contributed by atoms with Crippen LogP contribution >= 0.6 is 0 Å². The summed E-state index contributed by atoms with van der Waals surface area (Å²) in [5.41, 5.74) is 0.647. The van der Waals surface area contributed by atoms with Crippen molar-refractivity contribution in [3.05, 3.63) is 24.3 Å². The molecule has 1 fully saturated rings. The van der Waals surface area contributed by atoms with Crippen molar-refractivity contribution >= 4 is 17.6 Å². The molecule has 108 valence electrons. The van der Waals surface area contributed by atoms with Gasteiger partial charge >= 0.3 is 6.03 Å². The molecular formula is C14H19N3O3. The quantitative estimate of drug-likeness (QED) is 0.888. The van der Waals surface area contributed by atoms with E-state index >= 15 is 0 Å². The number of carbonyl (C=O) groups is 2. The maximum atomic E-state index is 12.2. The van der Waals surface area contributed by atoms with E-state index in [4.69, 9.17) is 4.74 Å². The Labute approximate surface area is 118 Å². The number of hydrogen-bond donors (Lipinski definition) is 1. The Hall–Kier alpha value is -2.24. The average molecular weight is 277 g/mol. The number of ether oxygens (including phenoxy) is 1. The van der Waals surface area contributed by atoms with Crippen molar-refractivity contribution in [3.63, 3.8) is 0 Å². The lowest BCUT2D eigenvalue weighted by atomic mass is 10.3. The molecule has 1 heterocycles. The topological polar surface area (TPSA) is 61.9 Å². The summed E-state index contributed by atoms with van der Waals surface area (Å²) in [6.07, 6.45) is 0. The van der Waals surface area contributed by atoms with Gasteiger partial charge in [-0.1, -0.05) is 12.1 Å². The molecule has 6 nitrogen and oxygen atoms in total. The Morgan fingerprint density at radius 1 is 1.10 bits per heavy atom. The van der Waals surface area contributed by atoms with Crippen molar-refractivity contribution in [1.29, 1.82) is 0 Å². The summed E-state index contributed by atoms with van der Waals surface area (Å²) in [5.74, 6) is 0.679. The zero-order valence-corrected chi connectivity index (χ0v) is 11.8. The molecule has 1 aromatic carbocycles. The molecule has 1 aliphatic rings. The number of piperazine rings is 1. The lowest BCUT2D eigenvalue weighted by molar-refractivity contribution is -0.130. The second-order valence-electron chi connectivity index (χ2n) is 4.62. The number of amides is 3.